The number of hydrogen-bond acceptors (Lipinski definition) is 6. The number of nitrogens with zero attached hydrogens (tertiary/aromatic N) is 2. The Morgan fingerprint density at radius 2 is 1.89 bits per heavy atom. The van der Waals surface area contributed by atoms with Crippen LogP contribution < -0.4 is 20.1 Å². The molecular weight excluding hydrogens is 444 g/mol. The Morgan fingerprint density at radius 1 is 1.03 bits per heavy atom. The maximum Gasteiger partial charge on any atom is 0.221 e. The number of pyridine rings is 1. The van der Waals surface area contributed by atoms with Crippen molar-refractivity contribution in [2.45, 2.75) is 63.6 Å². The van der Waals surface area contributed by atoms with Crippen molar-refractivity contribution in [1.82, 2.24) is 20.5 Å². The highest BCUT2D eigenvalue weighted by Gasteiger charge is 2.34. The molecule has 1 aromatic carbocycles. The Balaban J connectivity index is 1.51. The van der Waals surface area contributed by atoms with Crippen LogP contribution in [0, 0.1) is 0 Å². The van der Waals surface area contributed by atoms with Gasteiger partial charge in [0, 0.05) is 57.0 Å². The van der Waals surface area contributed by atoms with Crippen molar-refractivity contribution in [2.24, 2.45) is 0 Å². The molecule has 8 nitrogen and oxygen atoms in total. The van der Waals surface area contributed by atoms with Gasteiger partial charge in [-0.2, -0.15) is 0 Å². The highest BCUT2D eigenvalue weighted by Crippen LogP contribution is 2.34. The van der Waals surface area contributed by atoms with Gasteiger partial charge in [-0.15, -0.1) is 0 Å². The van der Waals surface area contributed by atoms with Crippen LogP contribution >= 0.6 is 0 Å². The van der Waals surface area contributed by atoms with Gasteiger partial charge in [-0.05, 0) is 60.9 Å². The zero-order chi connectivity index (χ0) is 24.6. The summed E-state index contributed by atoms with van der Waals surface area (Å²) in [5.41, 5.74) is 3.19. The van der Waals surface area contributed by atoms with Crippen LogP contribution in [0.5, 0.6) is 11.5 Å². The summed E-state index contributed by atoms with van der Waals surface area (Å²) in [5, 5.41) is 6.24. The number of aryl methyl sites for hydroxylation is 2. The van der Waals surface area contributed by atoms with Gasteiger partial charge < -0.3 is 20.1 Å². The van der Waals surface area contributed by atoms with E-state index < -0.39 is 0 Å². The Morgan fingerprint density at radius 3 is 2.66 bits per heavy atom. The van der Waals surface area contributed by atoms with Crippen LogP contribution in [0.4, 0.5) is 0 Å². The average Bonchev–Trinajstić information content (AvgIpc) is 3.24. The molecule has 0 spiro atoms. The van der Waals surface area contributed by atoms with Crippen molar-refractivity contribution < 1.29 is 19.1 Å². The third-order valence-corrected chi connectivity index (χ3v) is 7.02. The first-order valence-electron chi connectivity index (χ1n) is 12.5. The van der Waals surface area contributed by atoms with Gasteiger partial charge in [0.1, 0.15) is 0 Å². The van der Waals surface area contributed by atoms with E-state index in [1.54, 1.807) is 20.4 Å². The molecule has 0 radical (unpaired) electrons. The lowest BCUT2D eigenvalue weighted by atomic mass is 10.0. The molecule has 4 rings (SSSR count). The summed E-state index contributed by atoms with van der Waals surface area (Å²) in [4.78, 5) is 32.2. The summed E-state index contributed by atoms with van der Waals surface area (Å²) in [5.74, 6) is 1.49. The Kier molecular flexibility index (Phi) is 8.58. The van der Waals surface area contributed by atoms with E-state index in [9.17, 15) is 9.59 Å². The fourth-order valence-corrected chi connectivity index (χ4v) is 5.22. The minimum atomic E-state index is 0.0353. The minimum absolute atomic E-state index is 0.0353. The summed E-state index contributed by atoms with van der Waals surface area (Å²) in [6.45, 7) is 1.90. The van der Waals surface area contributed by atoms with Crippen LogP contribution in [0.3, 0.4) is 0 Å². The van der Waals surface area contributed by atoms with Gasteiger partial charge in [0.05, 0.1) is 14.2 Å². The lowest BCUT2D eigenvalue weighted by molar-refractivity contribution is -0.123. The first kappa shape index (κ1) is 25.0. The van der Waals surface area contributed by atoms with Crippen molar-refractivity contribution in [3.8, 4) is 11.5 Å². The molecule has 0 unspecified atom stereocenters. The van der Waals surface area contributed by atoms with E-state index in [0.29, 0.717) is 43.9 Å². The SMILES string of the molecule is COc1cc2cc(c1OC)CCCNC(=O)C[C@@H]1CC[C@H](CNC(=O)CC2)N1Cc1cccnc1. The Labute approximate surface area is 207 Å². The highest BCUT2D eigenvalue weighted by atomic mass is 16.5. The molecule has 2 amide bonds. The summed E-state index contributed by atoms with van der Waals surface area (Å²) in [6.07, 6.45) is 8.57. The smallest absolute Gasteiger partial charge is 0.221 e. The normalized spacial score (nSPS) is 22.1. The van der Waals surface area contributed by atoms with Crippen molar-refractivity contribution in [3.05, 3.63) is 53.3 Å². The van der Waals surface area contributed by atoms with Crippen molar-refractivity contribution in [3.63, 3.8) is 0 Å². The molecule has 1 aromatic heterocycles. The summed E-state index contributed by atoms with van der Waals surface area (Å²) >= 11 is 0. The lowest BCUT2D eigenvalue weighted by Crippen LogP contribution is -2.44. The molecule has 2 aromatic rings. The van der Waals surface area contributed by atoms with Gasteiger partial charge in [0.15, 0.2) is 11.5 Å². The number of benzene rings is 1. The number of carbonyl (C=O) groups is 2. The fourth-order valence-electron chi connectivity index (χ4n) is 5.22. The van der Waals surface area contributed by atoms with Crippen LogP contribution in [0.1, 0.15) is 48.8 Å². The zero-order valence-electron chi connectivity index (χ0n) is 20.7. The molecule has 3 heterocycles. The molecule has 0 saturated carbocycles. The molecule has 0 aliphatic carbocycles. The second kappa shape index (κ2) is 12.0. The fraction of sp³-hybridized carbons (Fsp3) is 0.519. The van der Waals surface area contributed by atoms with E-state index in [4.69, 9.17) is 9.47 Å². The molecule has 1 fully saturated rings. The average molecular weight is 481 g/mol. The topological polar surface area (TPSA) is 92.8 Å². The van der Waals surface area contributed by atoms with E-state index in [1.165, 1.54) is 0 Å². The van der Waals surface area contributed by atoms with E-state index >= 15 is 0 Å². The van der Waals surface area contributed by atoms with Gasteiger partial charge in [-0.1, -0.05) is 12.1 Å². The predicted octanol–water partition coefficient (Wildman–Crippen LogP) is 2.63. The molecule has 2 aliphatic heterocycles. The molecule has 8 heteroatoms. The number of hydrogen-bond donors (Lipinski definition) is 2. The quantitative estimate of drug-likeness (QED) is 0.699. The van der Waals surface area contributed by atoms with Crippen LogP contribution in [-0.4, -0.2) is 61.1 Å². The van der Waals surface area contributed by atoms with Crippen molar-refractivity contribution >= 4 is 11.8 Å². The Hall–Kier alpha value is -3.13. The number of methoxy groups -OCH3 is 2. The molecule has 2 aliphatic rings. The van der Waals surface area contributed by atoms with Crippen molar-refractivity contribution in [1.29, 1.82) is 0 Å². The van der Waals surface area contributed by atoms with E-state index in [1.807, 2.05) is 18.3 Å². The molecule has 4 bridgehead atoms. The minimum Gasteiger partial charge on any atom is -0.493 e. The standard InChI is InChI=1S/C27H36N4O4/c1-34-24-14-19-7-10-25(32)30-17-23-9-8-22(31(23)18-20-5-3-11-28-16-20)15-26(33)29-12-4-6-21(13-19)27(24)35-2/h3,5,11,13-14,16,22-23H,4,6-10,12,15,17-18H2,1-2H3,(H,29,33)(H,30,32)/t22-,23+/m0/s1. The molecule has 1 saturated heterocycles. The van der Waals surface area contributed by atoms with Crippen LogP contribution in [0.25, 0.3) is 0 Å². The summed E-state index contributed by atoms with van der Waals surface area (Å²) in [7, 11) is 3.26. The Bertz CT molecular complexity index is 1010. The van der Waals surface area contributed by atoms with Gasteiger partial charge in [-0.3, -0.25) is 19.5 Å². The van der Waals surface area contributed by atoms with Crippen LogP contribution in [0.15, 0.2) is 36.7 Å². The number of carbonyl (C=O) groups excluding carboxylic acids is 2. The molecular formula is C27H36N4O4. The maximum atomic E-state index is 12.8. The predicted molar refractivity (Wildman–Crippen MR) is 133 cm³/mol. The van der Waals surface area contributed by atoms with E-state index in [0.717, 1.165) is 48.9 Å². The number of fused-ring (bicyclic) bond motifs is 4. The number of ether oxygens (including phenoxy) is 2. The second-order valence-electron chi connectivity index (χ2n) is 9.37. The third-order valence-electron chi connectivity index (χ3n) is 7.02. The lowest BCUT2D eigenvalue weighted by Gasteiger charge is -2.30. The van der Waals surface area contributed by atoms with E-state index in [2.05, 4.69) is 32.7 Å². The molecule has 188 valence electrons. The first-order chi connectivity index (χ1) is 17.1. The monoisotopic (exact) mass is 480 g/mol. The second-order valence-corrected chi connectivity index (χ2v) is 9.37. The summed E-state index contributed by atoms with van der Waals surface area (Å²) in [6, 6.07) is 8.37. The molecule has 2 atom stereocenters. The van der Waals surface area contributed by atoms with Gasteiger partial charge >= 0.3 is 0 Å². The summed E-state index contributed by atoms with van der Waals surface area (Å²) < 4.78 is 11.2. The number of rotatable bonds is 4. The number of aromatic nitrogens is 1. The molecule has 35 heavy (non-hydrogen) atoms. The van der Waals surface area contributed by atoms with Gasteiger partial charge in [0.2, 0.25) is 11.8 Å². The number of amides is 2. The number of nitrogens with one attached hydrogen (secondary N) is 2. The first-order valence-corrected chi connectivity index (χ1v) is 12.5. The van der Waals surface area contributed by atoms with Crippen LogP contribution in [-0.2, 0) is 29.0 Å². The van der Waals surface area contributed by atoms with E-state index in [-0.39, 0.29) is 23.9 Å². The highest BCUT2D eigenvalue weighted by molar-refractivity contribution is 5.77. The van der Waals surface area contributed by atoms with Gasteiger partial charge in [0.25, 0.3) is 0 Å². The van der Waals surface area contributed by atoms with Gasteiger partial charge in [-0.25, -0.2) is 0 Å². The van der Waals surface area contributed by atoms with Crippen molar-refractivity contribution in [2.75, 3.05) is 27.3 Å². The third kappa shape index (κ3) is 6.51. The van der Waals surface area contributed by atoms with Crippen LogP contribution in [0.2, 0.25) is 0 Å². The molecule has 2 N–H and O–H groups in total. The largest absolute Gasteiger partial charge is 0.493 e. The maximum absolute atomic E-state index is 12.8. The zero-order valence-corrected chi connectivity index (χ0v) is 20.7.